The Morgan fingerprint density at radius 1 is 0.800 bits per heavy atom. The molecule has 0 heterocycles. The molecule has 0 nitrogen and oxygen atoms in total. The zero-order chi connectivity index (χ0) is 4.00. The van der Waals surface area contributed by atoms with Gasteiger partial charge in [0, 0.05) is 0 Å². The minimum Gasteiger partial charge on any atom is -0.346 e. The van der Waals surface area contributed by atoms with Gasteiger partial charge in [0.25, 0.3) is 0 Å². The zero-order valence-electron chi connectivity index (χ0n) is 3.91. The van der Waals surface area contributed by atoms with E-state index in [2.05, 4.69) is 13.8 Å². The first kappa shape index (κ1) is 17.2. The molecule has 0 radical (unpaired) electrons. The van der Waals surface area contributed by atoms with Gasteiger partial charge in [0.05, 0.1) is 0 Å². The number of hydrogen-bond donors (Lipinski definition) is 0. The van der Waals surface area contributed by atoms with Crippen molar-refractivity contribution in [1.82, 2.24) is 0 Å². The predicted molar refractivity (Wildman–Crippen MR) is 22.1 cm³/mol. The molecule has 0 aromatic carbocycles. The van der Waals surface area contributed by atoms with E-state index in [-0.39, 0.29) is 21.7 Å². The first-order valence-electron chi connectivity index (χ1n) is 1.41. The minimum atomic E-state index is 0. The van der Waals surface area contributed by atoms with E-state index in [1.807, 2.05) is 0 Å². The Morgan fingerprint density at radius 2 is 0.800 bits per heavy atom. The second-order valence-corrected chi connectivity index (χ2v) is 0. The van der Waals surface area contributed by atoms with Crippen molar-refractivity contribution in [3.63, 3.8) is 0 Å². The molecular formula is C4H10Ti. The molecule has 0 fully saturated rings. The van der Waals surface area contributed by atoms with Crippen LogP contribution in [0.25, 0.3) is 0 Å². The van der Waals surface area contributed by atoms with Crippen molar-refractivity contribution < 1.29 is 21.7 Å². The molecule has 5 heavy (non-hydrogen) atoms. The molecule has 0 saturated carbocycles. The van der Waals surface area contributed by atoms with Gasteiger partial charge in [-0.2, -0.15) is 13.8 Å². The van der Waals surface area contributed by atoms with Gasteiger partial charge in [-0.3, -0.25) is 0 Å². The fourth-order valence-corrected chi connectivity index (χ4v) is 0. The molecule has 0 aromatic heterocycles. The van der Waals surface area contributed by atoms with E-state index in [0.29, 0.717) is 0 Å². The minimum absolute atomic E-state index is 0. The summed E-state index contributed by atoms with van der Waals surface area (Å²) in [6.45, 7) is 10.0. The fraction of sp³-hybridized carbons (Fsp3) is 0.500. The Kier molecular flexibility index (Phi) is 439. The van der Waals surface area contributed by atoms with Crippen LogP contribution in [0.4, 0.5) is 0 Å². The third-order valence-corrected chi connectivity index (χ3v) is 0. The molecule has 0 unspecified atom stereocenters. The molecule has 0 aliphatic heterocycles. The zero-order valence-corrected chi connectivity index (χ0v) is 5.48. The second kappa shape index (κ2) is 127. The van der Waals surface area contributed by atoms with Crippen molar-refractivity contribution >= 4 is 0 Å². The van der Waals surface area contributed by atoms with Gasteiger partial charge in [-0.25, -0.2) is 0 Å². The van der Waals surface area contributed by atoms with Gasteiger partial charge in [-0.1, -0.05) is 0 Å². The van der Waals surface area contributed by atoms with Crippen molar-refractivity contribution in [3.05, 3.63) is 13.8 Å². The number of hydrogen-bond acceptors (Lipinski definition) is 0. The first-order valence-corrected chi connectivity index (χ1v) is 1.41. The molecule has 0 bridgehead atoms. The van der Waals surface area contributed by atoms with Crippen LogP contribution in [0.5, 0.6) is 0 Å². The summed E-state index contributed by atoms with van der Waals surface area (Å²) in [4.78, 5) is 0. The summed E-state index contributed by atoms with van der Waals surface area (Å²) in [5.41, 5.74) is 0. The van der Waals surface area contributed by atoms with Gasteiger partial charge < -0.3 is 13.8 Å². The van der Waals surface area contributed by atoms with Crippen LogP contribution in [0.15, 0.2) is 0 Å². The standard InChI is InChI=1S/2C2H5.Ti/c2*1-2;/h2*1H2,2H3;/q2*-1;+2. The molecule has 0 amide bonds. The van der Waals surface area contributed by atoms with Gasteiger partial charge in [-0.05, 0) is 0 Å². The van der Waals surface area contributed by atoms with E-state index in [0.717, 1.165) is 0 Å². The van der Waals surface area contributed by atoms with Gasteiger partial charge in [0.2, 0.25) is 0 Å². The van der Waals surface area contributed by atoms with E-state index in [1.165, 1.54) is 0 Å². The van der Waals surface area contributed by atoms with Crippen molar-refractivity contribution in [1.29, 1.82) is 0 Å². The van der Waals surface area contributed by atoms with E-state index < -0.39 is 0 Å². The Bertz CT molecular complexity index is 3.61. The molecule has 1 heteroatoms. The van der Waals surface area contributed by atoms with Crippen LogP contribution in [0.1, 0.15) is 13.8 Å². The molecule has 0 rings (SSSR count). The Morgan fingerprint density at radius 3 is 0.800 bits per heavy atom. The largest absolute Gasteiger partial charge is 2.00 e. The number of rotatable bonds is 0. The molecule has 0 N–H and O–H groups in total. The van der Waals surface area contributed by atoms with E-state index >= 15 is 0 Å². The average Bonchev–Trinajstić information content (AvgIpc) is 1.50. The van der Waals surface area contributed by atoms with Crippen molar-refractivity contribution in [2.75, 3.05) is 0 Å². The maximum absolute atomic E-state index is 3.25. The van der Waals surface area contributed by atoms with Crippen LogP contribution in [-0.4, -0.2) is 0 Å². The smallest absolute Gasteiger partial charge is 0.346 e. The Balaban J connectivity index is -0.0000000133. The normalized spacial score (nSPS) is 2.40. The molecule has 0 aliphatic carbocycles. The second-order valence-electron chi connectivity index (χ2n) is 0. The van der Waals surface area contributed by atoms with Crippen LogP contribution in [0.3, 0.4) is 0 Å². The summed E-state index contributed by atoms with van der Waals surface area (Å²) in [6, 6.07) is 0. The molecule has 30 valence electrons. The van der Waals surface area contributed by atoms with E-state index in [9.17, 15) is 0 Å². The molecule has 0 aliphatic rings. The van der Waals surface area contributed by atoms with Gasteiger partial charge in [0.15, 0.2) is 0 Å². The van der Waals surface area contributed by atoms with Gasteiger partial charge >= 0.3 is 21.7 Å². The van der Waals surface area contributed by atoms with E-state index in [4.69, 9.17) is 0 Å². The van der Waals surface area contributed by atoms with Crippen LogP contribution in [0, 0.1) is 13.8 Å². The van der Waals surface area contributed by atoms with E-state index in [1.54, 1.807) is 13.8 Å². The summed E-state index contributed by atoms with van der Waals surface area (Å²) >= 11 is 0. The van der Waals surface area contributed by atoms with Gasteiger partial charge in [-0.15, -0.1) is 0 Å². The quantitative estimate of drug-likeness (QED) is 0.325. The topological polar surface area (TPSA) is 0 Å². The average molecular weight is 106 g/mol. The van der Waals surface area contributed by atoms with Crippen molar-refractivity contribution in [2.24, 2.45) is 0 Å². The summed E-state index contributed by atoms with van der Waals surface area (Å²) in [6.07, 6.45) is 0. The summed E-state index contributed by atoms with van der Waals surface area (Å²) < 4.78 is 0. The van der Waals surface area contributed by atoms with Crippen LogP contribution >= 0.6 is 0 Å². The molecular weight excluding hydrogens is 95.9 g/mol. The van der Waals surface area contributed by atoms with Crippen molar-refractivity contribution in [2.45, 2.75) is 13.8 Å². The first-order chi connectivity index (χ1) is 2.00. The molecule has 0 atom stereocenters. The summed E-state index contributed by atoms with van der Waals surface area (Å²) in [5.74, 6) is 0. The third-order valence-electron chi connectivity index (χ3n) is 0. The van der Waals surface area contributed by atoms with Crippen LogP contribution in [-0.2, 0) is 21.7 Å². The molecule has 0 saturated heterocycles. The maximum atomic E-state index is 3.25. The fourth-order valence-electron chi connectivity index (χ4n) is 0. The Labute approximate surface area is 49.8 Å². The maximum Gasteiger partial charge on any atom is 2.00 e. The Hall–Kier alpha value is 0.714. The van der Waals surface area contributed by atoms with Gasteiger partial charge in [0.1, 0.15) is 0 Å². The van der Waals surface area contributed by atoms with Crippen molar-refractivity contribution in [3.8, 4) is 0 Å². The monoisotopic (exact) mass is 106 g/mol. The SMILES string of the molecule is [CH2-]C.[CH2-]C.[Ti+2]. The molecule has 0 spiro atoms. The third kappa shape index (κ3) is 68.1. The molecule has 0 aromatic rings. The predicted octanol–water partition coefficient (Wildman–Crippen LogP) is 1.68. The van der Waals surface area contributed by atoms with Crippen LogP contribution in [0.2, 0.25) is 0 Å². The van der Waals surface area contributed by atoms with Crippen LogP contribution < -0.4 is 0 Å². The summed E-state index contributed by atoms with van der Waals surface area (Å²) in [5, 5.41) is 0. The summed E-state index contributed by atoms with van der Waals surface area (Å²) in [7, 11) is 0.